The molecule has 0 amide bonds. The lowest BCUT2D eigenvalue weighted by atomic mass is 9.95. The topological polar surface area (TPSA) is 68.3 Å². The van der Waals surface area contributed by atoms with Crippen LogP contribution in [0.5, 0.6) is 5.75 Å². The van der Waals surface area contributed by atoms with Gasteiger partial charge >= 0.3 is 0 Å². The zero-order valence-corrected chi connectivity index (χ0v) is 10.6. The predicted molar refractivity (Wildman–Crippen MR) is 69.3 cm³/mol. The van der Waals surface area contributed by atoms with Crippen LogP contribution in [0.4, 0.5) is 5.69 Å². The van der Waals surface area contributed by atoms with Crippen molar-refractivity contribution in [2.45, 2.75) is 37.9 Å². The van der Waals surface area contributed by atoms with Crippen molar-refractivity contribution in [1.82, 2.24) is 0 Å². The first-order chi connectivity index (χ1) is 8.72. The highest BCUT2D eigenvalue weighted by atomic mass is 16.5. The molecule has 2 atom stereocenters. The normalized spacial score (nSPS) is 23.3. The summed E-state index contributed by atoms with van der Waals surface area (Å²) < 4.78 is 11.3. The maximum Gasteiger partial charge on any atom is 0.121 e. The van der Waals surface area contributed by atoms with Crippen molar-refractivity contribution in [3.63, 3.8) is 0 Å². The van der Waals surface area contributed by atoms with E-state index in [4.69, 9.17) is 20.5 Å². The average Bonchev–Trinajstić information content (AvgIpc) is 2.41. The molecule has 1 saturated carbocycles. The lowest BCUT2D eigenvalue weighted by Crippen LogP contribution is -2.29. The molecule has 96 valence electrons. The molecule has 2 unspecified atom stereocenters. The van der Waals surface area contributed by atoms with E-state index in [1.807, 2.05) is 6.07 Å². The number of methoxy groups -OCH3 is 1. The van der Waals surface area contributed by atoms with Gasteiger partial charge in [0.25, 0.3) is 0 Å². The summed E-state index contributed by atoms with van der Waals surface area (Å²) >= 11 is 0. The third-order valence-corrected chi connectivity index (χ3v) is 3.36. The van der Waals surface area contributed by atoms with Crippen molar-refractivity contribution < 1.29 is 9.47 Å². The summed E-state index contributed by atoms with van der Waals surface area (Å²) in [6.07, 6.45) is 4.60. The molecule has 0 radical (unpaired) electrons. The molecule has 0 aliphatic heterocycles. The maximum absolute atomic E-state index is 8.92. The summed E-state index contributed by atoms with van der Waals surface area (Å²) in [5, 5.41) is 8.92. The standard InChI is InChI=1S/C14H18N2O2/c1-17-11-3-2-4-12(8-11)18-13-5-6-14(16)10(7-13)9-15/h5-7,11-12H,2-4,8,16H2,1H3. The Morgan fingerprint density at radius 1 is 1.33 bits per heavy atom. The van der Waals surface area contributed by atoms with Crippen LogP contribution < -0.4 is 10.5 Å². The van der Waals surface area contributed by atoms with Gasteiger partial charge in [-0.05, 0) is 37.5 Å². The molecule has 0 bridgehead atoms. The number of hydrogen-bond acceptors (Lipinski definition) is 4. The second kappa shape index (κ2) is 5.74. The van der Waals surface area contributed by atoms with Gasteiger partial charge in [-0.1, -0.05) is 0 Å². The van der Waals surface area contributed by atoms with E-state index in [1.165, 1.54) is 0 Å². The van der Waals surface area contributed by atoms with Crippen molar-refractivity contribution in [2.24, 2.45) is 0 Å². The van der Waals surface area contributed by atoms with Crippen LogP contribution in [0.15, 0.2) is 18.2 Å². The minimum Gasteiger partial charge on any atom is -0.490 e. The Bertz CT molecular complexity index is 454. The van der Waals surface area contributed by atoms with Crippen LogP contribution in [-0.4, -0.2) is 19.3 Å². The molecule has 1 fully saturated rings. The molecule has 2 N–H and O–H groups in total. The van der Waals surface area contributed by atoms with Crippen molar-refractivity contribution in [3.8, 4) is 11.8 Å². The van der Waals surface area contributed by atoms with Crippen LogP contribution in [0.25, 0.3) is 0 Å². The van der Waals surface area contributed by atoms with E-state index in [0.29, 0.717) is 17.0 Å². The summed E-state index contributed by atoms with van der Waals surface area (Å²) in [4.78, 5) is 0. The first-order valence-electron chi connectivity index (χ1n) is 6.22. The van der Waals surface area contributed by atoms with E-state index >= 15 is 0 Å². The molecule has 18 heavy (non-hydrogen) atoms. The van der Waals surface area contributed by atoms with Gasteiger partial charge < -0.3 is 15.2 Å². The van der Waals surface area contributed by atoms with E-state index in [2.05, 4.69) is 6.07 Å². The Morgan fingerprint density at radius 3 is 2.83 bits per heavy atom. The van der Waals surface area contributed by atoms with Crippen molar-refractivity contribution >= 4 is 5.69 Å². The molecule has 0 aromatic heterocycles. The van der Waals surface area contributed by atoms with Crippen LogP contribution >= 0.6 is 0 Å². The van der Waals surface area contributed by atoms with E-state index in [9.17, 15) is 0 Å². The zero-order chi connectivity index (χ0) is 13.0. The summed E-state index contributed by atoms with van der Waals surface area (Å²) in [5.41, 5.74) is 6.63. The molecule has 4 nitrogen and oxygen atoms in total. The largest absolute Gasteiger partial charge is 0.490 e. The summed E-state index contributed by atoms with van der Waals surface area (Å²) in [6.45, 7) is 0. The number of nitriles is 1. The average molecular weight is 246 g/mol. The monoisotopic (exact) mass is 246 g/mol. The van der Waals surface area contributed by atoms with Crippen LogP contribution in [0.2, 0.25) is 0 Å². The van der Waals surface area contributed by atoms with Gasteiger partial charge in [-0.25, -0.2) is 0 Å². The van der Waals surface area contributed by atoms with Gasteiger partial charge in [-0.2, -0.15) is 5.26 Å². The molecular weight excluding hydrogens is 228 g/mol. The van der Waals surface area contributed by atoms with Crippen LogP contribution in [0, 0.1) is 11.3 Å². The van der Waals surface area contributed by atoms with Gasteiger partial charge in [0.2, 0.25) is 0 Å². The van der Waals surface area contributed by atoms with Crippen molar-refractivity contribution in [2.75, 3.05) is 12.8 Å². The summed E-state index contributed by atoms with van der Waals surface area (Å²) in [7, 11) is 1.74. The number of rotatable bonds is 3. The van der Waals surface area contributed by atoms with E-state index < -0.39 is 0 Å². The summed E-state index contributed by atoms with van der Waals surface area (Å²) in [5.74, 6) is 0.711. The highest BCUT2D eigenvalue weighted by Crippen LogP contribution is 2.26. The molecule has 2 rings (SSSR count). The van der Waals surface area contributed by atoms with Gasteiger partial charge in [0.1, 0.15) is 17.9 Å². The van der Waals surface area contributed by atoms with Gasteiger partial charge in [0.05, 0.1) is 11.7 Å². The van der Waals surface area contributed by atoms with Gasteiger partial charge in [-0.3, -0.25) is 0 Å². The third-order valence-electron chi connectivity index (χ3n) is 3.36. The second-order valence-corrected chi connectivity index (χ2v) is 4.63. The Kier molecular flexibility index (Phi) is 4.06. The lowest BCUT2D eigenvalue weighted by Gasteiger charge is -2.28. The minimum absolute atomic E-state index is 0.166. The number of nitrogen functional groups attached to an aromatic ring is 1. The zero-order valence-electron chi connectivity index (χ0n) is 10.6. The molecule has 0 spiro atoms. The Balaban J connectivity index is 2.03. The number of anilines is 1. The molecule has 4 heteroatoms. The number of hydrogen-bond donors (Lipinski definition) is 1. The van der Waals surface area contributed by atoms with E-state index in [0.717, 1.165) is 25.7 Å². The van der Waals surface area contributed by atoms with Gasteiger partial charge in [0, 0.05) is 19.2 Å². The quantitative estimate of drug-likeness (QED) is 0.832. The molecule has 1 aliphatic rings. The molecular formula is C14H18N2O2. The smallest absolute Gasteiger partial charge is 0.121 e. The fourth-order valence-corrected chi connectivity index (χ4v) is 2.32. The predicted octanol–water partition coefficient (Wildman–Crippen LogP) is 2.48. The number of nitrogens with zero attached hydrogens (tertiary/aromatic N) is 1. The third kappa shape index (κ3) is 2.93. The number of benzene rings is 1. The van der Waals surface area contributed by atoms with Gasteiger partial charge in [-0.15, -0.1) is 0 Å². The molecule has 0 saturated heterocycles. The lowest BCUT2D eigenvalue weighted by molar-refractivity contribution is 0.0210. The highest BCUT2D eigenvalue weighted by molar-refractivity contribution is 5.56. The number of nitrogens with two attached hydrogens (primary N) is 1. The van der Waals surface area contributed by atoms with Crippen LogP contribution in [0.3, 0.4) is 0 Å². The fourth-order valence-electron chi connectivity index (χ4n) is 2.32. The number of ether oxygens (including phenoxy) is 2. The van der Waals surface area contributed by atoms with Crippen molar-refractivity contribution in [1.29, 1.82) is 5.26 Å². The molecule has 1 aliphatic carbocycles. The Hall–Kier alpha value is -1.73. The van der Waals surface area contributed by atoms with Gasteiger partial charge in [0.15, 0.2) is 0 Å². The second-order valence-electron chi connectivity index (χ2n) is 4.63. The van der Waals surface area contributed by atoms with Crippen molar-refractivity contribution in [3.05, 3.63) is 23.8 Å². The molecule has 1 aromatic carbocycles. The van der Waals surface area contributed by atoms with E-state index in [-0.39, 0.29) is 12.2 Å². The minimum atomic E-state index is 0.166. The molecule has 0 heterocycles. The Labute approximate surface area is 107 Å². The highest BCUT2D eigenvalue weighted by Gasteiger charge is 2.23. The molecule has 1 aromatic rings. The summed E-state index contributed by atoms with van der Waals surface area (Å²) in [6, 6.07) is 7.29. The van der Waals surface area contributed by atoms with Crippen LogP contribution in [0.1, 0.15) is 31.2 Å². The Morgan fingerprint density at radius 2 is 2.11 bits per heavy atom. The first kappa shape index (κ1) is 12.7. The van der Waals surface area contributed by atoms with Crippen LogP contribution in [-0.2, 0) is 4.74 Å². The maximum atomic E-state index is 8.92. The first-order valence-corrected chi connectivity index (χ1v) is 6.22. The van der Waals surface area contributed by atoms with E-state index in [1.54, 1.807) is 19.2 Å². The SMILES string of the molecule is COC1CCCC(Oc2ccc(N)c(C#N)c2)C1. The fraction of sp³-hybridized carbons (Fsp3) is 0.500.